The molecule has 0 aromatic heterocycles. The zero-order valence-electron chi connectivity index (χ0n) is 13.2. The second-order valence-electron chi connectivity index (χ2n) is 4.94. The number of alkyl carbamates (subject to hydrolysis) is 1. The Morgan fingerprint density at radius 1 is 1.08 bits per heavy atom. The SMILES string of the molecule is N#Cc1ccccc1OS(=O)(=O)CCNC(=O)OCc1ccccc1. The van der Waals surface area contributed by atoms with Gasteiger partial charge in [0.05, 0.1) is 5.56 Å². The highest BCUT2D eigenvalue weighted by molar-refractivity contribution is 7.87. The van der Waals surface area contributed by atoms with E-state index in [1.165, 1.54) is 12.1 Å². The third-order valence-electron chi connectivity index (χ3n) is 3.06. The number of nitrogens with zero attached hydrogens (tertiary/aromatic N) is 1. The Labute approximate surface area is 145 Å². The minimum Gasteiger partial charge on any atom is -0.445 e. The van der Waals surface area contributed by atoms with Gasteiger partial charge in [-0.3, -0.25) is 0 Å². The van der Waals surface area contributed by atoms with Crippen LogP contribution in [0.1, 0.15) is 11.1 Å². The molecule has 0 aliphatic heterocycles. The van der Waals surface area contributed by atoms with E-state index in [0.29, 0.717) is 0 Å². The van der Waals surface area contributed by atoms with Crippen LogP contribution in [0.15, 0.2) is 54.6 Å². The van der Waals surface area contributed by atoms with E-state index in [1.807, 2.05) is 24.3 Å². The molecule has 25 heavy (non-hydrogen) atoms. The van der Waals surface area contributed by atoms with E-state index >= 15 is 0 Å². The summed E-state index contributed by atoms with van der Waals surface area (Å²) in [5.74, 6) is -0.496. The van der Waals surface area contributed by atoms with Gasteiger partial charge in [0, 0.05) is 6.54 Å². The monoisotopic (exact) mass is 360 g/mol. The van der Waals surface area contributed by atoms with Crippen LogP contribution in [0.3, 0.4) is 0 Å². The molecule has 0 saturated heterocycles. The molecule has 0 heterocycles. The third kappa shape index (κ3) is 6.16. The van der Waals surface area contributed by atoms with E-state index < -0.39 is 22.0 Å². The van der Waals surface area contributed by atoms with Crippen molar-refractivity contribution in [2.24, 2.45) is 0 Å². The zero-order chi connectivity index (χ0) is 18.1. The number of rotatable bonds is 7. The first-order valence-electron chi connectivity index (χ1n) is 7.36. The molecule has 0 radical (unpaired) electrons. The minimum absolute atomic E-state index is 0.0448. The number of hydrogen-bond acceptors (Lipinski definition) is 6. The Morgan fingerprint density at radius 3 is 2.48 bits per heavy atom. The van der Waals surface area contributed by atoms with Gasteiger partial charge in [0.15, 0.2) is 5.75 Å². The quantitative estimate of drug-likeness (QED) is 0.759. The molecule has 8 heteroatoms. The summed E-state index contributed by atoms with van der Waals surface area (Å²) in [7, 11) is -3.95. The summed E-state index contributed by atoms with van der Waals surface area (Å²) >= 11 is 0. The number of amides is 1. The maximum absolute atomic E-state index is 11.9. The van der Waals surface area contributed by atoms with Crippen LogP contribution in [0.2, 0.25) is 0 Å². The Hall–Kier alpha value is -3.05. The number of carbonyl (C=O) groups excluding carboxylic acids is 1. The molecule has 0 aliphatic rings. The molecule has 0 spiro atoms. The fourth-order valence-corrected chi connectivity index (χ4v) is 2.72. The van der Waals surface area contributed by atoms with Gasteiger partial charge in [-0.15, -0.1) is 0 Å². The number of ether oxygens (including phenoxy) is 1. The average Bonchev–Trinajstić information content (AvgIpc) is 2.61. The van der Waals surface area contributed by atoms with E-state index in [-0.39, 0.29) is 24.5 Å². The largest absolute Gasteiger partial charge is 0.445 e. The predicted molar refractivity (Wildman–Crippen MR) is 90.2 cm³/mol. The van der Waals surface area contributed by atoms with Gasteiger partial charge in [0.2, 0.25) is 0 Å². The number of benzene rings is 2. The van der Waals surface area contributed by atoms with Gasteiger partial charge in [-0.25, -0.2) is 4.79 Å². The first-order valence-corrected chi connectivity index (χ1v) is 8.94. The lowest BCUT2D eigenvalue weighted by atomic mass is 10.2. The third-order valence-corrected chi connectivity index (χ3v) is 4.20. The summed E-state index contributed by atoms with van der Waals surface area (Å²) < 4.78 is 33.7. The first kappa shape index (κ1) is 18.3. The van der Waals surface area contributed by atoms with Crippen molar-refractivity contribution in [3.05, 3.63) is 65.7 Å². The molecule has 0 atom stereocenters. The van der Waals surface area contributed by atoms with E-state index in [2.05, 4.69) is 5.32 Å². The highest BCUT2D eigenvalue weighted by atomic mass is 32.2. The average molecular weight is 360 g/mol. The second-order valence-corrected chi connectivity index (χ2v) is 6.63. The van der Waals surface area contributed by atoms with Crippen molar-refractivity contribution in [1.82, 2.24) is 5.32 Å². The van der Waals surface area contributed by atoms with E-state index in [0.717, 1.165) is 5.56 Å². The summed E-state index contributed by atoms with van der Waals surface area (Å²) in [5, 5.41) is 11.3. The Morgan fingerprint density at radius 2 is 1.76 bits per heavy atom. The van der Waals surface area contributed by atoms with Gasteiger partial charge in [-0.1, -0.05) is 42.5 Å². The maximum Gasteiger partial charge on any atom is 0.407 e. The lowest BCUT2D eigenvalue weighted by molar-refractivity contribution is 0.140. The molecule has 7 nitrogen and oxygen atoms in total. The highest BCUT2D eigenvalue weighted by Crippen LogP contribution is 2.18. The first-order chi connectivity index (χ1) is 12.0. The van der Waals surface area contributed by atoms with E-state index in [9.17, 15) is 13.2 Å². The van der Waals surface area contributed by atoms with Crippen LogP contribution in [0.25, 0.3) is 0 Å². The van der Waals surface area contributed by atoms with Gasteiger partial charge in [0.25, 0.3) is 0 Å². The number of para-hydroxylation sites is 1. The molecule has 1 N–H and O–H groups in total. The standard InChI is InChI=1S/C17H16N2O5S/c18-12-15-8-4-5-9-16(15)24-25(21,22)11-10-19-17(20)23-13-14-6-2-1-3-7-14/h1-9H,10-11,13H2,(H,19,20). The molecule has 0 saturated carbocycles. The van der Waals surface area contributed by atoms with Crippen molar-refractivity contribution in [3.8, 4) is 11.8 Å². The zero-order valence-corrected chi connectivity index (χ0v) is 14.0. The molecule has 0 bridgehead atoms. The fourth-order valence-electron chi connectivity index (χ4n) is 1.86. The topological polar surface area (TPSA) is 105 Å². The molecule has 0 aliphatic carbocycles. The Balaban J connectivity index is 1.78. The van der Waals surface area contributed by atoms with Gasteiger partial charge in [-0.2, -0.15) is 13.7 Å². The lowest BCUT2D eigenvalue weighted by Crippen LogP contribution is -2.31. The number of carbonyl (C=O) groups is 1. The lowest BCUT2D eigenvalue weighted by Gasteiger charge is -2.09. The summed E-state index contributed by atoms with van der Waals surface area (Å²) in [6, 6.07) is 16.9. The molecule has 2 rings (SSSR count). The van der Waals surface area contributed by atoms with Crippen LogP contribution < -0.4 is 9.50 Å². The molecule has 1 amide bonds. The summed E-state index contributed by atoms with van der Waals surface area (Å²) in [6.45, 7) is -0.0872. The maximum atomic E-state index is 11.9. The van der Waals surface area contributed by atoms with E-state index in [1.54, 1.807) is 24.3 Å². The van der Waals surface area contributed by atoms with Crippen LogP contribution >= 0.6 is 0 Å². The van der Waals surface area contributed by atoms with Crippen molar-refractivity contribution < 1.29 is 22.1 Å². The molecule has 0 unspecified atom stereocenters. The normalized spacial score (nSPS) is 10.5. The smallest absolute Gasteiger partial charge is 0.407 e. The number of hydrogen-bond donors (Lipinski definition) is 1. The summed E-state index contributed by atoms with van der Waals surface area (Å²) in [4.78, 5) is 11.5. The molecule has 0 fully saturated rings. The summed E-state index contributed by atoms with van der Waals surface area (Å²) in [6.07, 6.45) is -0.725. The van der Waals surface area contributed by atoms with Crippen molar-refractivity contribution >= 4 is 16.2 Å². The van der Waals surface area contributed by atoms with Crippen LogP contribution in [-0.2, 0) is 21.5 Å². The van der Waals surface area contributed by atoms with Crippen LogP contribution in [0.5, 0.6) is 5.75 Å². The van der Waals surface area contributed by atoms with Gasteiger partial charge in [0.1, 0.15) is 18.4 Å². The summed E-state index contributed by atoms with van der Waals surface area (Å²) in [5.41, 5.74) is 0.933. The molecular formula is C17H16N2O5S. The van der Waals surface area contributed by atoms with Crippen molar-refractivity contribution in [2.75, 3.05) is 12.3 Å². The second kappa shape index (κ2) is 8.70. The highest BCUT2D eigenvalue weighted by Gasteiger charge is 2.16. The van der Waals surface area contributed by atoms with Crippen LogP contribution in [0, 0.1) is 11.3 Å². The number of nitrogens with one attached hydrogen (secondary N) is 1. The fraction of sp³-hybridized carbons (Fsp3) is 0.176. The van der Waals surface area contributed by atoms with Crippen molar-refractivity contribution in [2.45, 2.75) is 6.61 Å². The predicted octanol–water partition coefficient (Wildman–Crippen LogP) is 2.19. The van der Waals surface area contributed by atoms with Crippen molar-refractivity contribution in [1.29, 1.82) is 5.26 Å². The molecular weight excluding hydrogens is 344 g/mol. The van der Waals surface area contributed by atoms with Crippen molar-refractivity contribution in [3.63, 3.8) is 0 Å². The van der Waals surface area contributed by atoms with Gasteiger partial charge < -0.3 is 14.2 Å². The number of nitriles is 1. The Kier molecular flexibility index (Phi) is 6.37. The molecule has 2 aromatic carbocycles. The van der Waals surface area contributed by atoms with Crippen LogP contribution in [0.4, 0.5) is 4.79 Å². The van der Waals surface area contributed by atoms with Gasteiger partial charge >= 0.3 is 16.2 Å². The van der Waals surface area contributed by atoms with Gasteiger partial charge in [-0.05, 0) is 17.7 Å². The van der Waals surface area contributed by atoms with Crippen LogP contribution in [-0.4, -0.2) is 26.8 Å². The molecule has 2 aromatic rings. The molecule has 130 valence electrons. The minimum atomic E-state index is -3.95. The van der Waals surface area contributed by atoms with E-state index in [4.69, 9.17) is 14.2 Å². The Bertz CT molecular complexity index is 860.